The summed E-state index contributed by atoms with van der Waals surface area (Å²) in [7, 11) is 0. The number of nitrogens with zero attached hydrogens (tertiary/aromatic N) is 2. The van der Waals surface area contributed by atoms with Gasteiger partial charge in [-0.1, -0.05) is 30.3 Å². The summed E-state index contributed by atoms with van der Waals surface area (Å²) >= 11 is 0. The molecule has 1 aromatic heterocycles. The smallest absolute Gasteiger partial charge is 0.274 e. The maximum absolute atomic E-state index is 12.9. The maximum atomic E-state index is 12.9. The van der Waals surface area contributed by atoms with Gasteiger partial charge in [0.1, 0.15) is 11.5 Å². The molecule has 1 heterocycles. The first-order chi connectivity index (χ1) is 12.1. The Hall–Kier alpha value is -3.28. The Labute approximate surface area is 145 Å². The third kappa shape index (κ3) is 4.38. The van der Waals surface area contributed by atoms with E-state index < -0.39 is 0 Å². The van der Waals surface area contributed by atoms with Crippen molar-refractivity contribution in [2.45, 2.75) is 13.5 Å². The fraction of sp³-hybridized carbons (Fsp3) is 0.105. The van der Waals surface area contributed by atoms with Gasteiger partial charge in [0.05, 0.1) is 0 Å². The van der Waals surface area contributed by atoms with Gasteiger partial charge < -0.3 is 10.6 Å². The second-order valence-corrected chi connectivity index (χ2v) is 5.51. The van der Waals surface area contributed by atoms with Crippen LogP contribution in [-0.4, -0.2) is 15.9 Å². The van der Waals surface area contributed by atoms with E-state index in [9.17, 15) is 9.18 Å². The number of nitrogens with one attached hydrogen (secondary N) is 2. The molecule has 126 valence electrons. The molecule has 0 aliphatic rings. The summed E-state index contributed by atoms with van der Waals surface area (Å²) in [5.41, 5.74) is 2.87. The van der Waals surface area contributed by atoms with Crippen molar-refractivity contribution >= 4 is 17.5 Å². The lowest BCUT2D eigenvalue weighted by molar-refractivity contribution is 0.102. The third-order valence-electron chi connectivity index (χ3n) is 3.65. The van der Waals surface area contributed by atoms with E-state index in [4.69, 9.17) is 0 Å². The predicted molar refractivity (Wildman–Crippen MR) is 94.9 cm³/mol. The molecule has 1 amide bonds. The minimum absolute atomic E-state index is 0.264. The van der Waals surface area contributed by atoms with Crippen molar-refractivity contribution in [2.75, 3.05) is 10.6 Å². The van der Waals surface area contributed by atoms with Crippen molar-refractivity contribution in [3.05, 3.63) is 83.4 Å². The first-order valence-electron chi connectivity index (χ1n) is 7.80. The Morgan fingerprint density at radius 1 is 1.08 bits per heavy atom. The lowest BCUT2D eigenvalue weighted by atomic mass is 10.2. The Balaban J connectivity index is 1.67. The van der Waals surface area contributed by atoms with Crippen molar-refractivity contribution in [2.24, 2.45) is 0 Å². The molecule has 0 radical (unpaired) electrons. The van der Waals surface area contributed by atoms with Crippen LogP contribution in [-0.2, 0) is 6.54 Å². The molecule has 0 aliphatic carbocycles. The van der Waals surface area contributed by atoms with Crippen LogP contribution in [0, 0.1) is 12.7 Å². The molecule has 0 saturated heterocycles. The summed E-state index contributed by atoms with van der Waals surface area (Å²) in [4.78, 5) is 20.7. The average Bonchev–Trinajstić information content (AvgIpc) is 2.63. The van der Waals surface area contributed by atoms with E-state index in [-0.39, 0.29) is 17.4 Å². The van der Waals surface area contributed by atoms with Crippen LogP contribution in [0.3, 0.4) is 0 Å². The molecule has 5 nitrogen and oxygen atoms in total. The normalized spacial score (nSPS) is 10.3. The van der Waals surface area contributed by atoms with Gasteiger partial charge in [0, 0.05) is 18.4 Å². The van der Waals surface area contributed by atoms with Crippen LogP contribution in [0.1, 0.15) is 21.6 Å². The second kappa shape index (κ2) is 7.53. The second-order valence-electron chi connectivity index (χ2n) is 5.51. The number of hydrogen-bond donors (Lipinski definition) is 2. The topological polar surface area (TPSA) is 66.9 Å². The van der Waals surface area contributed by atoms with E-state index in [0.29, 0.717) is 12.5 Å². The molecule has 3 rings (SSSR count). The van der Waals surface area contributed by atoms with Crippen LogP contribution in [0.15, 0.2) is 60.8 Å². The highest BCUT2D eigenvalue weighted by Crippen LogP contribution is 2.14. The van der Waals surface area contributed by atoms with Gasteiger partial charge >= 0.3 is 0 Å². The van der Waals surface area contributed by atoms with Gasteiger partial charge in [0.25, 0.3) is 5.91 Å². The highest BCUT2D eigenvalue weighted by molar-refractivity contribution is 6.03. The zero-order chi connectivity index (χ0) is 17.6. The molecule has 0 saturated carbocycles. The molecule has 6 heteroatoms. The molecular weight excluding hydrogens is 319 g/mol. The summed E-state index contributed by atoms with van der Waals surface area (Å²) in [6.45, 7) is 2.36. The quantitative estimate of drug-likeness (QED) is 0.744. The van der Waals surface area contributed by atoms with Gasteiger partial charge in [0.15, 0.2) is 0 Å². The summed E-state index contributed by atoms with van der Waals surface area (Å²) in [5.74, 6) is -0.252. The number of carbonyl (C=O) groups is 1. The first-order valence-corrected chi connectivity index (χ1v) is 7.80. The third-order valence-corrected chi connectivity index (χ3v) is 3.65. The van der Waals surface area contributed by atoms with Gasteiger partial charge in [-0.25, -0.2) is 14.4 Å². The van der Waals surface area contributed by atoms with Gasteiger partial charge in [-0.2, -0.15) is 0 Å². The molecule has 2 N–H and O–H groups in total. The zero-order valence-corrected chi connectivity index (χ0v) is 13.7. The lowest BCUT2D eigenvalue weighted by Crippen LogP contribution is -2.16. The Morgan fingerprint density at radius 2 is 1.84 bits per heavy atom. The van der Waals surface area contributed by atoms with Crippen molar-refractivity contribution in [3.63, 3.8) is 0 Å². The molecule has 0 fully saturated rings. The number of benzene rings is 2. The predicted octanol–water partition coefficient (Wildman–Crippen LogP) is 3.79. The average molecular weight is 336 g/mol. The first kappa shape index (κ1) is 16.6. The minimum atomic E-state index is -0.304. The minimum Gasteiger partial charge on any atom is -0.350 e. The molecule has 25 heavy (non-hydrogen) atoms. The van der Waals surface area contributed by atoms with Crippen molar-refractivity contribution < 1.29 is 9.18 Å². The lowest BCUT2D eigenvalue weighted by Gasteiger charge is -2.09. The van der Waals surface area contributed by atoms with Crippen LogP contribution in [0.2, 0.25) is 0 Å². The number of para-hydroxylation sites is 1. The summed E-state index contributed by atoms with van der Waals surface area (Å²) < 4.78 is 12.9. The fourth-order valence-electron chi connectivity index (χ4n) is 2.25. The van der Waals surface area contributed by atoms with Crippen LogP contribution >= 0.6 is 0 Å². The van der Waals surface area contributed by atoms with Crippen molar-refractivity contribution in [1.82, 2.24) is 9.97 Å². The Kier molecular flexibility index (Phi) is 4.99. The Bertz CT molecular complexity index is 881. The summed E-state index contributed by atoms with van der Waals surface area (Å²) in [6, 6.07) is 15.2. The standard InChI is InChI=1S/C19H17FN4O/c1-13-4-2-3-5-16(13)23-18(25)17-10-11-21-19(24-17)22-12-14-6-8-15(20)9-7-14/h2-11H,12H2,1H3,(H,23,25)(H,21,22,24). The zero-order valence-electron chi connectivity index (χ0n) is 13.7. The maximum Gasteiger partial charge on any atom is 0.274 e. The van der Waals surface area contributed by atoms with Gasteiger partial charge in [-0.15, -0.1) is 0 Å². The van der Waals surface area contributed by atoms with Crippen LogP contribution in [0.4, 0.5) is 16.0 Å². The molecule has 2 aromatic carbocycles. The highest BCUT2D eigenvalue weighted by atomic mass is 19.1. The van der Waals surface area contributed by atoms with Crippen LogP contribution in [0.25, 0.3) is 0 Å². The van der Waals surface area contributed by atoms with Crippen molar-refractivity contribution in [3.8, 4) is 0 Å². The van der Waals surface area contributed by atoms with Crippen molar-refractivity contribution in [1.29, 1.82) is 0 Å². The largest absolute Gasteiger partial charge is 0.350 e. The molecule has 0 atom stereocenters. The molecule has 0 spiro atoms. The van der Waals surface area contributed by atoms with E-state index in [0.717, 1.165) is 16.8 Å². The van der Waals surface area contributed by atoms with Gasteiger partial charge in [-0.05, 0) is 42.3 Å². The van der Waals surface area contributed by atoms with Gasteiger partial charge in [0.2, 0.25) is 5.95 Å². The van der Waals surface area contributed by atoms with E-state index >= 15 is 0 Å². The Morgan fingerprint density at radius 3 is 2.60 bits per heavy atom. The number of rotatable bonds is 5. The van der Waals surface area contributed by atoms with Crippen LogP contribution < -0.4 is 10.6 Å². The summed E-state index contributed by atoms with van der Waals surface area (Å²) in [6.07, 6.45) is 1.52. The fourth-order valence-corrected chi connectivity index (χ4v) is 2.25. The van der Waals surface area contributed by atoms with E-state index in [2.05, 4.69) is 20.6 Å². The van der Waals surface area contributed by atoms with E-state index in [1.807, 2.05) is 31.2 Å². The monoisotopic (exact) mass is 336 g/mol. The van der Waals surface area contributed by atoms with E-state index in [1.54, 1.807) is 18.2 Å². The number of amides is 1. The van der Waals surface area contributed by atoms with E-state index in [1.165, 1.54) is 18.3 Å². The number of aromatic nitrogens is 2. The van der Waals surface area contributed by atoms with Gasteiger partial charge in [-0.3, -0.25) is 4.79 Å². The summed E-state index contributed by atoms with van der Waals surface area (Å²) in [5, 5.41) is 5.86. The number of aryl methyl sites for hydroxylation is 1. The highest BCUT2D eigenvalue weighted by Gasteiger charge is 2.10. The molecular formula is C19H17FN4O. The number of hydrogen-bond acceptors (Lipinski definition) is 4. The molecule has 3 aromatic rings. The van der Waals surface area contributed by atoms with Crippen LogP contribution in [0.5, 0.6) is 0 Å². The molecule has 0 bridgehead atoms. The molecule has 0 unspecified atom stereocenters. The number of carbonyl (C=O) groups excluding carboxylic acids is 1. The number of halogens is 1. The SMILES string of the molecule is Cc1ccccc1NC(=O)c1ccnc(NCc2ccc(F)cc2)n1. The number of anilines is 2. The molecule has 0 aliphatic heterocycles.